The molecule has 0 fully saturated rings. The lowest BCUT2D eigenvalue weighted by atomic mass is 10.1. The first-order chi connectivity index (χ1) is 12.9. The minimum absolute atomic E-state index is 0.0380. The Bertz CT molecular complexity index is 742. The van der Waals surface area contributed by atoms with E-state index >= 15 is 0 Å². The van der Waals surface area contributed by atoms with Gasteiger partial charge in [-0.2, -0.15) is 0 Å². The molecule has 2 rings (SSSR count). The fourth-order valence-corrected chi connectivity index (χ4v) is 2.75. The van der Waals surface area contributed by atoms with Gasteiger partial charge in [0.1, 0.15) is 6.04 Å². The third-order valence-electron chi connectivity index (χ3n) is 4.41. The molecule has 2 aromatic rings. The van der Waals surface area contributed by atoms with E-state index in [4.69, 9.17) is 0 Å². The third kappa shape index (κ3) is 6.44. The van der Waals surface area contributed by atoms with E-state index in [0.717, 1.165) is 18.5 Å². The van der Waals surface area contributed by atoms with Crippen molar-refractivity contribution in [3.63, 3.8) is 0 Å². The Morgan fingerprint density at radius 3 is 2.19 bits per heavy atom. The summed E-state index contributed by atoms with van der Waals surface area (Å²) >= 11 is 0. The van der Waals surface area contributed by atoms with E-state index in [0.29, 0.717) is 5.56 Å². The molecule has 0 saturated carbocycles. The summed E-state index contributed by atoms with van der Waals surface area (Å²) in [6.45, 7) is 3.85. The molecule has 2 N–H and O–H groups in total. The summed E-state index contributed by atoms with van der Waals surface area (Å²) in [5.74, 6) is -0.0800. The lowest BCUT2D eigenvalue weighted by molar-refractivity contribution is -0.122. The second-order valence-corrected chi connectivity index (χ2v) is 7.08. The van der Waals surface area contributed by atoms with Crippen LogP contribution in [0.1, 0.15) is 36.2 Å². The minimum Gasteiger partial charge on any atom is -0.374 e. The van der Waals surface area contributed by atoms with Gasteiger partial charge in [0.15, 0.2) is 0 Å². The molecule has 0 heterocycles. The fraction of sp³-hybridized carbons (Fsp3) is 0.364. The quantitative estimate of drug-likeness (QED) is 0.752. The standard InChI is InChI=1S/C22H29N3O2/c1-16(10-11-18-8-6-5-7-9-18)23-21(26)17(2)24-20-14-12-19(13-15-20)22(27)25(3)4/h5-9,12-17,24H,10-11H2,1-4H3,(H,23,26). The molecule has 0 spiro atoms. The number of carbonyl (C=O) groups is 2. The van der Waals surface area contributed by atoms with Crippen LogP contribution in [0.15, 0.2) is 54.6 Å². The van der Waals surface area contributed by atoms with Crippen LogP contribution in [0.5, 0.6) is 0 Å². The number of hydrogen-bond donors (Lipinski definition) is 2. The van der Waals surface area contributed by atoms with Gasteiger partial charge in [0.05, 0.1) is 0 Å². The van der Waals surface area contributed by atoms with E-state index in [1.165, 1.54) is 10.5 Å². The molecule has 5 nitrogen and oxygen atoms in total. The highest BCUT2D eigenvalue weighted by molar-refractivity contribution is 5.94. The average molecular weight is 367 g/mol. The molecule has 0 saturated heterocycles. The second kappa shape index (κ2) is 9.76. The van der Waals surface area contributed by atoms with Gasteiger partial charge < -0.3 is 15.5 Å². The summed E-state index contributed by atoms with van der Waals surface area (Å²) in [6, 6.07) is 17.2. The number of amides is 2. The molecule has 27 heavy (non-hydrogen) atoms. The Hall–Kier alpha value is -2.82. The molecule has 0 aliphatic heterocycles. The molecule has 144 valence electrons. The van der Waals surface area contributed by atoms with E-state index in [2.05, 4.69) is 22.8 Å². The van der Waals surface area contributed by atoms with Gasteiger partial charge in [-0.25, -0.2) is 0 Å². The number of rotatable bonds is 8. The third-order valence-corrected chi connectivity index (χ3v) is 4.41. The number of carbonyl (C=O) groups excluding carboxylic acids is 2. The van der Waals surface area contributed by atoms with E-state index < -0.39 is 0 Å². The van der Waals surface area contributed by atoms with Crippen LogP contribution in [-0.4, -0.2) is 42.9 Å². The summed E-state index contributed by atoms with van der Waals surface area (Å²) in [6.07, 6.45) is 1.83. The van der Waals surface area contributed by atoms with Crippen molar-refractivity contribution in [2.24, 2.45) is 0 Å². The monoisotopic (exact) mass is 367 g/mol. The number of nitrogens with zero attached hydrogens (tertiary/aromatic N) is 1. The van der Waals surface area contributed by atoms with Crippen molar-refractivity contribution in [1.82, 2.24) is 10.2 Å². The molecule has 0 aliphatic rings. The molecule has 5 heteroatoms. The van der Waals surface area contributed by atoms with Crippen LogP contribution in [0.25, 0.3) is 0 Å². The van der Waals surface area contributed by atoms with Crippen LogP contribution in [0.4, 0.5) is 5.69 Å². The molecule has 2 amide bonds. The molecular weight excluding hydrogens is 338 g/mol. The Balaban J connectivity index is 1.81. The van der Waals surface area contributed by atoms with Crippen molar-refractivity contribution in [3.8, 4) is 0 Å². The number of aryl methyl sites for hydroxylation is 1. The largest absolute Gasteiger partial charge is 0.374 e. The lowest BCUT2D eigenvalue weighted by Gasteiger charge is -2.19. The summed E-state index contributed by atoms with van der Waals surface area (Å²) in [7, 11) is 3.44. The van der Waals surface area contributed by atoms with Crippen LogP contribution in [0, 0.1) is 0 Å². The highest BCUT2D eigenvalue weighted by Gasteiger charge is 2.15. The Labute approximate surface area is 161 Å². The van der Waals surface area contributed by atoms with Crippen LogP contribution >= 0.6 is 0 Å². The zero-order valence-electron chi connectivity index (χ0n) is 16.5. The lowest BCUT2D eigenvalue weighted by Crippen LogP contribution is -2.42. The topological polar surface area (TPSA) is 61.4 Å². The second-order valence-electron chi connectivity index (χ2n) is 7.08. The van der Waals surface area contributed by atoms with E-state index in [1.54, 1.807) is 26.2 Å². The average Bonchev–Trinajstić information content (AvgIpc) is 2.67. The van der Waals surface area contributed by atoms with Gasteiger partial charge in [0, 0.05) is 31.4 Å². The van der Waals surface area contributed by atoms with Gasteiger partial charge in [0.25, 0.3) is 5.91 Å². The maximum atomic E-state index is 12.4. The molecular formula is C22H29N3O2. The van der Waals surface area contributed by atoms with Crippen LogP contribution < -0.4 is 10.6 Å². The van der Waals surface area contributed by atoms with Gasteiger partial charge in [-0.05, 0) is 56.5 Å². The van der Waals surface area contributed by atoms with Gasteiger partial charge in [-0.15, -0.1) is 0 Å². The van der Waals surface area contributed by atoms with Crippen molar-refractivity contribution in [3.05, 3.63) is 65.7 Å². The first-order valence-corrected chi connectivity index (χ1v) is 9.29. The fourth-order valence-electron chi connectivity index (χ4n) is 2.75. The highest BCUT2D eigenvalue weighted by atomic mass is 16.2. The Morgan fingerprint density at radius 1 is 0.963 bits per heavy atom. The van der Waals surface area contributed by atoms with Crippen molar-refractivity contribution in [2.45, 2.75) is 38.8 Å². The van der Waals surface area contributed by atoms with Gasteiger partial charge in [-0.3, -0.25) is 9.59 Å². The minimum atomic E-state index is -0.362. The number of hydrogen-bond acceptors (Lipinski definition) is 3. The van der Waals surface area contributed by atoms with Gasteiger partial charge in [0.2, 0.25) is 5.91 Å². The molecule has 0 aliphatic carbocycles. The van der Waals surface area contributed by atoms with E-state index in [9.17, 15) is 9.59 Å². The Morgan fingerprint density at radius 2 is 1.59 bits per heavy atom. The predicted molar refractivity (Wildman–Crippen MR) is 110 cm³/mol. The maximum absolute atomic E-state index is 12.4. The van der Waals surface area contributed by atoms with Crippen molar-refractivity contribution >= 4 is 17.5 Å². The molecule has 2 unspecified atom stereocenters. The van der Waals surface area contributed by atoms with Gasteiger partial charge >= 0.3 is 0 Å². The summed E-state index contributed by atoms with van der Waals surface area (Å²) in [5, 5.41) is 6.23. The molecule has 2 aromatic carbocycles. The van der Waals surface area contributed by atoms with Gasteiger partial charge in [-0.1, -0.05) is 30.3 Å². The van der Waals surface area contributed by atoms with Crippen molar-refractivity contribution < 1.29 is 9.59 Å². The maximum Gasteiger partial charge on any atom is 0.253 e. The Kier molecular flexibility index (Phi) is 7.41. The number of benzene rings is 2. The number of nitrogens with one attached hydrogen (secondary N) is 2. The van der Waals surface area contributed by atoms with Crippen molar-refractivity contribution in [1.29, 1.82) is 0 Å². The van der Waals surface area contributed by atoms with E-state index in [-0.39, 0.29) is 23.9 Å². The first-order valence-electron chi connectivity index (χ1n) is 9.29. The van der Waals surface area contributed by atoms with Crippen LogP contribution in [0.3, 0.4) is 0 Å². The highest BCUT2D eigenvalue weighted by Crippen LogP contribution is 2.12. The zero-order valence-corrected chi connectivity index (χ0v) is 16.5. The molecule has 0 bridgehead atoms. The van der Waals surface area contributed by atoms with E-state index in [1.807, 2.05) is 44.2 Å². The zero-order chi connectivity index (χ0) is 19.8. The van der Waals surface area contributed by atoms with Crippen LogP contribution in [0.2, 0.25) is 0 Å². The summed E-state index contributed by atoms with van der Waals surface area (Å²) in [5.41, 5.74) is 2.71. The molecule has 0 radical (unpaired) electrons. The summed E-state index contributed by atoms with van der Waals surface area (Å²) in [4.78, 5) is 25.8. The normalized spacial score (nSPS) is 12.7. The number of anilines is 1. The summed E-state index contributed by atoms with van der Waals surface area (Å²) < 4.78 is 0. The first kappa shape index (κ1) is 20.5. The SMILES string of the molecule is CC(CCc1ccccc1)NC(=O)C(C)Nc1ccc(C(=O)N(C)C)cc1. The molecule has 2 atom stereocenters. The van der Waals surface area contributed by atoms with Crippen LogP contribution in [-0.2, 0) is 11.2 Å². The smallest absolute Gasteiger partial charge is 0.253 e. The molecule has 0 aromatic heterocycles. The predicted octanol–water partition coefficient (Wildman–Crippen LogP) is 3.33. The van der Waals surface area contributed by atoms with Crippen molar-refractivity contribution in [2.75, 3.05) is 19.4 Å².